The minimum absolute atomic E-state index is 1.18. The van der Waals surface area contributed by atoms with Crippen LogP contribution in [0.4, 0.5) is 0 Å². The number of hydrogen-bond donors (Lipinski definition) is 0. The molecule has 68 valence electrons. The second-order valence-electron chi connectivity index (χ2n) is 2.63. The van der Waals surface area contributed by atoms with E-state index in [2.05, 4.69) is 56.3 Å². The molecule has 0 fully saturated rings. The molecule has 0 amide bonds. The molecular formula is C9H6Br2S2. The summed E-state index contributed by atoms with van der Waals surface area (Å²) in [5, 5.41) is 2.10. The molecule has 2 heterocycles. The zero-order chi connectivity index (χ0) is 9.42. The van der Waals surface area contributed by atoms with E-state index in [1.54, 1.807) is 11.3 Å². The maximum absolute atomic E-state index is 3.57. The fraction of sp³-hybridized carbons (Fsp3) is 0.111. The summed E-state index contributed by atoms with van der Waals surface area (Å²) in [5.74, 6) is 0. The lowest BCUT2D eigenvalue weighted by Gasteiger charge is -1.94. The van der Waals surface area contributed by atoms with Crippen LogP contribution in [-0.4, -0.2) is 0 Å². The largest absolute Gasteiger partial charge is 0.142 e. The van der Waals surface area contributed by atoms with Crippen molar-refractivity contribution in [2.24, 2.45) is 0 Å². The molecule has 0 nitrogen and oxygen atoms in total. The van der Waals surface area contributed by atoms with Gasteiger partial charge in [0.25, 0.3) is 0 Å². The van der Waals surface area contributed by atoms with Gasteiger partial charge in [0.1, 0.15) is 0 Å². The fourth-order valence-electron chi connectivity index (χ4n) is 1.09. The van der Waals surface area contributed by atoms with Crippen LogP contribution >= 0.6 is 54.5 Å². The SMILES string of the molecule is Cc1cc(Br)c(-c2sccc2Br)s1. The third-order valence-electron chi connectivity index (χ3n) is 1.63. The Morgan fingerprint density at radius 1 is 1.15 bits per heavy atom. The Balaban J connectivity index is 2.58. The highest BCUT2D eigenvalue weighted by Gasteiger charge is 2.11. The quantitative estimate of drug-likeness (QED) is 0.661. The molecule has 0 bridgehead atoms. The van der Waals surface area contributed by atoms with Gasteiger partial charge in [-0.3, -0.25) is 0 Å². The van der Waals surface area contributed by atoms with Gasteiger partial charge in [-0.2, -0.15) is 0 Å². The average molecular weight is 338 g/mol. The first-order chi connectivity index (χ1) is 6.18. The molecule has 0 saturated heterocycles. The Bertz CT molecular complexity index is 429. The molecule has 0 radical (unpaired) electrons. The zero-order valence-electron chi connectivity index (χ0n) is 6.80. The van der Waals surface area contributed by atoms with E-state index in [0.717, 1.165) is 0 Å². The monoisotopic (exact) mass is 336 g/mol. The smallest absolute Gasteiger partial charge is 0.0598 e. The van der Waals surface area contributed by atoms with Gasteiger partial charge in [-0.1, -0.05) is 0 Å². The van der Waals surface area contributed by atoms with Crippen molar-refractivity contribution in [3.63, 3.8) is 0 Å². The van der Waals surface area contributed by atoms with Crippen LogP contribution < -0.4 is 0 Å². The van der Waals surface area contributed by atoms with Crippen molar-refractivity contribution in [1.29, 1.82) is 0 Å². The second-order valence-corrected chi connectivity index (χ2v) is 6.51. The lowest BCUT2D eigenvalue weighted by molar-refractivity contribution is 1.62. The third-order valence-corrected chi connectivity index (χ3v) is 5.57. The molecule has 0 N–H and O–H groups in total. The topological polar surface area (TPSA) is 0 Å². The van der Waals surface area contributed by atoms with Crippen molar-refractivity contribution in [3.05, 3.63) is 31.3 Å². The lowest BCUT2D eigenvalue weighted by atomic mass is 10.4. The summed E-state index contributed by atoms with van der Waals surface area (Å²) in [7, 11) is 0. The van der Waals surface area contributed by atoms with Crippen molar-refractivity contribution in [2.45, 2.75) is 6.92 Å². The Hall–Kier alpha value is 0.360. The maximum atomic E-state index is 3.57. The van der Waals surface area contributed by atoms with Gasteiger partial charge in [0.15, 0.2) is 0 Å². The molecule has 13 heavy (non-hydrogen) atoms. The van der Waals surface area contributed by atoms with Crippen LogP contribution in [-0.2, 0) is 0 Å². The summed E-state index contributed by atoms with van der Waals surface area (Å²) in [6.07, 6.45) is 0. The van der Waals surface area contributed by atoms with Crippen LogP contribution in [0.5, 0.6) is 0 Å². The highest BCUT2D eigenvalue weighted by atomic mass is 79.9. The van der Waals surface area contributed by atoms with Crippen LogP contribution in [0.2, 0.25) is 0 Å². The predicted octanol–water partition coefficient (Wildman–Crippen LogP) is 5.31. The van der Waals surface area contributed by atoms with Gasteiger partial charge in [0.2, 0.25) is 0 Å². The van der Waals surface area contributed by atoms with Gasteiger partial charge in [-0.15, -0.1) is 22.7 Å². The van der Waals surface area contributed by atoms with Crippen molar-refractivity contribution in [2.75, 3.05) is 0 Å². The van der Waals surface area contributed by atoms with E-state index in [1.807, 2.05) is 11.3 Å². The van der Waals surface area contributed by atoms with Gasteiger partial charge < -0.3 is 0 Å². The predicted molar refractivity (Wildman–Crippen MR) is 67.8 cm³/mol. The summed E-state index contributed by atoms with van der Waals surface area (Å²) < 4.78 is 2.37. The normalized spacial score (nSPS) is 10.7. The first-order valence-corrected chi connectivity index (χ1v) is 6.96. The average Bonchev–Trinajstić information content (AvgIpc) is 2.58. The third kappa shape index (κ3) is 1.91. The van der Waals surface area contributed by atoms with E-state index in [9.17, 15) is 0 Å². The van der Waals surface area contributed by atoms with E-state index in [0.29, 0.717) is 0 Å². The van der Waals surface area contributed by atoms with Crippen LogP contribution in [0.25, 0.3) is 9.75 Å². The molecule has 0 aliphatic rings. The summed E-state index contributed by atoms with van der Waals surface area (Å²) in [5.41, 5.74) is 0. The Morgan fingerprint density at radius 3 is 2.38 bits per heavy atom. The summed E-state index contributed by atoms with van der Waals surface area (Å²) in [6, 6.07) is 4.24. The zero-order valence-corrected chi connectivity index (χ0v) is 11.6. The van der Waals surface area contributed by atoms with Crippen LogP contribution in [0.1, 0.15) is 4.88 Å². The lowest BCUT2D eigenvalue weighted by Crippen LogP contribution is -1.64. The van der Waals surface area contributed by atoms with Crippen molar-refractivity contribution >= 4 is 54.5 Å². The van der Waals surface area contributed by atoms with E-state index < -0.39 is 0 Å². The van der Waals surface area contributed by atoms with E-state index in [4.69, 9.17) is 0 Å². The first kappa shape index (κ1) is 9.90. The summed E-state index contributed by atoms with van der Waals surface area (Å²) >= 11 is 10.7. The molecule has 2 aromatic rings. The number of thiophene rings is 2. The van der Waals surface area contributed by atoms with E-state index in [1.165, 1.54) is 23.6 Å². The van der Waals surface area contributed by atoms with Crippen molar-refractivity contribution in [3.8, 4) is 9.75 Å². The number of halogens is 2. The standard InChI is InChI=1S/C9H6Br2S2/c1-5-4-7(11)9(13-5)8-6(10)2-3-12-8/h2-4H,1H3. The van der Waals surface area contributed by atoms with Gasteiger partial charge in [0.05, 0.1) is 9.75 Å². The molecular weight excluding hydrogens is 332 g/mol. The number of hydrogen-bond acceptors (Lipinski definition) is 2. The summed E-state index contributed by atoms with van der Waals surface area (Å²) in [6.45, 7) is 2.13. The van der Waals surface area contributed by atoms with E-state index >= 15 is 0 Å². The van der Waals surface area contributed by atoms with Crippen molar-refractivity contribution < 1.29 is 0 Å². The Labute approximate surface area is 102 Å². The highest BCUT2D eigenvalue weighted by Crippen LogP contribution is 2.42. The molecule has 2 rings (SSSR count). The summed E-state index contributed by atoms with van der Waals surface area (Å²) in [4.78, 5) is 3.96. The van der Waals surface area contributed by atoms with Crippen LogP contribution in [0.15, 0.2) is 26.5 Å². The molecule has 4 heteroatoms. The van der Waals surface area contributed by atoms with Gasteiger partial charge in [-0.05, 0) is 56.3 Å². The Morgan fingerprint density at radius 2 is 1.92 bits per heavy atom. The van der Waals surface area contributed by atoms with Gasteiger partial charge in [0, 0.05) is 13.8 Å². The molecule has 0 aliphatic carbocycles. The number of rotatable bonds is 1. The molecule has 0 aliphatic heterocycles. The molecule has 2 aromatic heterocycles. The van der Waals surface area contributed by atoms with Crippen molar-refractivity contribution in [1.82, 2.24) is 0 Å². The minimum atomic E-state index is 1.18. The molecule has 0 atom stereocenters. The maximum Gasteiger partial charge on any atom is 0.0598 e. The first-order valence-electron chi connectivity index (χ1n) is 3.68. The van der Waals surface area contributed by atoms with Gasteiger partial charge >= 0.3 is 0 Å². The Kier molecular flexibility index (Phi) is 2.93. The van der Waals surface area contributed by atoms with E-state index in [-0.39, 0.29) is 0 Å². The molecule has 0 aromatic carbocycles. The highest BCUT2D eigenvalue weighted by molar-refractivity contribution is 9.11. The molecule has 0 spiro atoms. The van der Waals surface area contributed by atoms with Crippen LogP contribution in [0.3, 0.4) is 0 Å². The molecule has 0 unspecified atom stereocenters. The number of aryl methyl sites for hydroxylation is 1. The fourth-order valence-corrected chi connectivity index (χ4v) is 4.94. The molecule has 0 saturated carbocycles. The van der Waals surface area contributed by atoms with Crippen LogP contribution in [0, 0.1) is 6.92 Å². The van der Waals surface area contributed by atoms with Gasteiger partial charge in [-0.25, -0.2) is 0 Å². The second kappa shape index (κ2) is 3.85. The minimum Gasteiger partial charge on any atom is -0.142 e.